The Bertz CT molecular complexity index is 1480. The normalized spacial score (nSPS) is 31.4. The van der Waals surface area contributed by atoms with Gasteiger partial charge in [-0.2, -0.15) is 0 Å². The Kier molecular flexibility index (Phi) is 5.23. The first-order chi connectivity index (χ1) is 17.9. The Balaban J connectivity index is 1.27. The minimum Gasteiger partial charge on any atom is -0.481 e. The average Bonchev–Trinajstić information content (AvgIpc) is 3.62. The molecule has 2 aromatic carbocycles. The van der Waals surface area contributed by atoms with E-state index in [1.165, 1.54) is 16.2 Å². The molecule has 0 spiro atoms. The molecule has 9 heteroatoms. The molecule has 2 bridgehead atoms. The number of rotatable bonds is 5. The molecule has 6 unspecified atom stereocenters. The van der Waals surface area contributed by atoms with Crippen molar-refractivity contribution in [3.63, 3.8) is 0 Å². The maximum absolute atomic E-state index is 13.4. The van der Waals surface area contributed by atoms with Crippen LogP contribution in [0.5, 0.6) is 0 Å². The van der Waals surface area contributed by atoms with Gasteiger partial charge in [0.05, 0.1) is 23.3 Å². The number of H-pyrrole nitrogens is 1. The van der Waals surface area contributed by atoms with Crippen LogP contribution in [-0.4, -0.2) is 44.6 Å². The number of benzene rings is 2. The number of nitrogens with one attached hydrogen (secondary N) is 1. The first-order valence-electron chi connectivity index (χ1n) is 12.5. The first kappa shape index (κ1) is 23.0. The number of imide groups is 1. The highest BCUT2D eigenvalue weighted by molar-refractivity contribution is 8.00. The van der Waals surface area contributed by atoms with E-state index in [1.54, 1.807) is 11.8 Å². The van der Waals surface area contributed by atoms with Crippen LogP contribution in [0.3, 0.4) is 0 Å². The predicted molar refractivity (Wildman–Crippen MR) is 139 cm³/mol. The van der Waals surface area contributed by atoms with Gasteiger partial charge in [-0.05, 0) is 40.9 Å². The molecule has 1 saturated heterocycles. The molecule has 7 nitrogen and oxygen atoms in total. The van der Waals surface area contributed by atoms with Gasteiger partial charge in [0.15, 0.2) is 0 Å². The first-order valence-corrected chi connectivity index (χ1v) is 14.2. The Morgan fingerprint density at radius 2 is 1.62 bits per heavy atom. The van der Waals surface area contributed by atoms with Gasteiger partial charge in [-0.1, -0.05) is 65.9 Å². The van der Waals surface area contributed by atoms with Gasteiger partial charge in [-0.25, -0.2) is 0 Å². The summed E-state index contributed by atoms with van der Waals surface area (Å²) in [7, 11) is 0. The van der Waals surface area contributed by atoms with Crippen molar-refractivity contribution >= 4 is 40.9 Å². The lowest BCUT2D eigenvalue weighted by molar-refractivity contribution is -0.142. The second-order valence-corrected chi connectivity index (χ2v) is 12.6. The zero-order valence-electron chi connectivity index (χ0n) is 19.7. The number of likely N-dealkylation sites (tertiary alicyclic amines) is 1. The third-order valence-corrected chi connectivity index (χ3v) is 11.3. The number of aromatic nitrogens is 1. The molecule has 2 amide bonds. The number of aliphatic carboxylic acids is 1. The number of fused-ring (bicyclic) bond motifs is 9. The van der Waals surface area contributed by atoms with Crippen molar-refractivity contribution in [1.29, 1.82) is 0 Å². The Hall–Kier alpha value is -3.17. The van der Waals surface area contributed by atoms with E-state index in [0.29, 0.717) is 0 Å². The number of carboxylic acid groups (broad SMARTS) is 1. The van der Waals surface area contributed by atoms with E-state index in [2.05, 4.69) is 41.4 Å². The summed E-state index contributed by atoms with van der Waals surface area (Å²) in [5.41, 5.74) is 3.37. The lowest BCUT2D eigenvalue weighted by Crippen LogP contribution is -2.42. The molecular weight excluding hydrogens is 508 g/mol. The van der Waals surface area contributed by atoms with Crippen LogP contribution in [0.4, 0.5) is 0 Å². The van der Waals surface area contributed by atoms with Gasteiger partial charge in [-0.3, -0.25) is 24.1 Å². The van der Waals surface area contributed by atoms with Crippen molar-refractivity contribution in [2.75, 3.05) is 6.54 Å². The van der Waals surface area contributed by atoms with Gasteiger partial charge in [0.1, 0.15) is 0 Å². The number of nitrogens with zero attached hydrogens (tertiary/aromatic N) is 1. The molecule has 3 aromatic rings. The highest BCUT2D eigenvalue weighted by Gasteiger charge is 2.69. The van der Waals surface area contributed by atoms with Crippen LogP contribution >= 0.6 is 23.1 Å². The van der Waals surface area contributed by atoms with Crippen LogP contribution in [-0.2, 0) is 14.4 Å². The van der Waals surface area contributed by atoms with Gasteiger partial charge in [-0.15, -0.1) is 11.8 Å². The van der Waals surface area contributed by atoms with Crippen LogP contribution in [0.15, 0.2) is 64.4 Å². The predicted octanol–water partition coefficient (Wildman–Crippen LogP) is 4.05. The maximum atomic E-state index is 13.4. The Labute approximate surface area is 220 Å². The Morgan fingerprint density at radius 3 is 2.32 bits per heavy atom. The summed E-state index contributed by atoms with van der Waals surface area (Å²) in [6.45, 7) is -0.0625. The second-order valence-electron chi connectivity index (χ2n) is 10.4. The van der Waals surface area contributed by atoms with Crippen molar-refractivity contribution in [3.8, 4) is 11.1 Å². The molecule has 7 atom stereocenters. The van der Waals surface area contributed by atoms with Gasteiger partial charge >= 0.3 is 10.8 Å². The Morgan fingerprint density at radius 1 is 0.946 bits per heavy atom. The molecule has 37 heavy (non-hydrogen) atoms. The number of hydrogen-bond acceptors (Lipinski definition) is 6. The standard InChI is InChI=1S/C28H24N2O5S2/c31-18(32)10-11-30-26(33)21-16-12-17(22(21)27(30)34)23-20(16)19(24-25(36-23)29-28(35)37-24)15-8-6-14(7-9-15)13-4-2-1-3-5-13/h1-9,16-17,19-23H,10-12H2,(H,29,35)(H,31,32)/t16?,17?,19-,20?,21?,22?,23?/m1/s1. The van der Waals surface area contributed by atoms with E-state index < -0.39 is 11.9 Å². The third-order valence-electron chi connectivity index (χ3n) is 8.74. The van der Waals surface area contributed by atoms with E-state index >= 15 is 0 Å². The summed E-state index contributed by atoms with van der Waals surface area (Å²) in [5.74, 6) is -2.03. The molecule has 188 valence electrons. The highest BCUT2D eigenvalue weighted by Crippen LogP contribution is 2.68. The fraction of sp³-hybridized carbons (Fsp3) is 0.357. The summed E-state index contributed by atoms with van der Waals surface area (Å²) >= 11 is 2.91. The number of carbonyl (C=O) groups excluding carboxylic acids is 2. The number of hydrogen-bond donors (Lipinski definition) is 2. The van der Waals surface area contributed by atoms with Crippen molar-refractivity contribution in [2.45, 2.75) is 29.0 Å². The van der Waals surface area contributed by atoms with E-state index in [4.69, 9.17) is 5.11 Å². The topological polar surface area (TPSA) is 108 Å². The number of thioether (sulfide) groups is 1. The zero-order valence-corrected chi connectivity index (χ0v) is 21.3. The molecular formula is C28H24N2O5S2. The van der Waals surface area contributed by atoms with Crippen LogP contribution in [0.2, 0.25) is 0 Å². The number of thiazole rings is 1. The minimum atomic E-state index is -1.02. The van der Waals surface area contributed by atoms with E-state index in [1.807, 2.05) is 18.2 Å². The monoisotopic (exact) mass is 532 g/mol. The largest absolute Gasteiger partial charge is 0.481 e. The SMILES string of the molecule is O=C(O)CCN1C(=O)C2C3CC(C2C1=O)C1C3Sc2[nH]c(=O)sc2[C@@H]1c1ccc(-c2ccccc2)cc1. The molecule has 4 aliphatic rings. The van der Waals surface area contributed by atoms with Crippen LogP contribution in [0.25, 0.3) is 11.1 Å². The van der Waals surface area contributed by atoms with E-state index in [0.717, 1.165) is 33.0 Å². The fourth-order valence-corrected chi connectivity index (χ4v) is 10.3. The van der Waals surface area contributed by atoms with Gasteiger partial charge in [0.2, 0.25) is 11.8 Å². The molecule has 2 aliphatic heterocycles. The lowest BCUT2D eigenvalue weighted by atomic mass is 9.68. The minimum absolute atomic E-state index is 0.0260. The van der Waals surface area contributed by atoms with Crippen molar-refractivity contribution in [2.24, 2.45) is 29.6 Å². The maximum Gasteiger partial charge on any atom is 0.305 e. The number of carbonyl (C=O) groups is 3. The van der Waals surface area contributed by atoms with Crippen LogP contribution in [0, 0.1) is 29.6 Å². The highest BCUT2D eigenvalue weighted by atomic mass is 32.2. The molecule has 0 radical (unpaired) electrons. The fourth-order valence-electron chi connectivity index (χ4n) is 7.39. The van der Waals surface area contributed by atoms with Crippen molar-refractivity contribution in [1.82, 2.24) is 9.88 Å². The quantitative estimate of drug-likeness (QED) is 0.480. The van der Waals surface area contributed by atoms with Gasteiger partial charge in [0.25, 0.3) is 0 Å². The third kappa shape index (κ3) is 3.40. The summed E-state index contributed by atoms with van der Waals surface area (Å²) in [6.07, 6.45) is 0.586. The lowest BCUT2D eigenvalue weighted by Gasteiger charge is -2.43. The molecule has 2 N–H and O–H groups in total. The number of carboxylic acids is 1. The second kappa shape index (κ2) is 8.43. The van der Waals surface area contributed by atoms with Crippen LogP contribution in [0.1, 0.15) is 29.2 Å². The summed E-state index contributed by atoms with van der Waals surface area (Å²) in [6, 6.07) is 18.7. The van der Waals surface area contributed by atoms with E-state index in [-0.39, 0.29) is 64.5 Å². The van der Waals surface area contributed by atoms with Crippen LogP contribution < -0.4 is 4.87 Å². The van der Waals surface area contributed by atoms with Crippen molar-refractivity contribution < 1.29 is 19.5 Å². The van der Waals surface area contributed by atoms with Crippen molar-refractivity contribution in [3.05, 3.63) is 74.7 Å². The molecule has 1 aromatic heterocycles. The summed E-state index contributed by atoms with van der Waals surface area (Å²) in [4.78, 5) is 55.4. The number of aromatic amines is 1. The average molecular weight is 533 g/mol. The smallest absolute Gasteiger partial charge is 0.305 e. The molecule has 3 fully saturated rings. The van der Waals surface area contributed by atoms with Gasteiger partial charge < -0.3 is 10.1 Å². The molecule has 2 aliphatic carbocycles. The molecule has 7 rings (SSSR count). The van der Waals surface area contributed by atoms with Gasteiger partial charge in [0, 0.05) is 22.6 Å². The number of amides is 2. The zero-order chi connectivity index (χ0) is 25.4. The summed E-state index contributed by atoms with van der Waals surface area (Å²) in [5, 5.41) is 10.1. The summed E-state index contributed by atoms with van der Waals surface area (Å²) < 4.78 is 0. The molecule has 2 saturated carbocycles. The van der Waals surface area contributed by atoms with E-state index in [9.17, 15) is 19.2 Å². The molecule has 3 heterocycles.